The van der Waals surface area contributed by atoms with Gasteiger partial charge in [0.2, 0.25) is 5.91 Å². The highest BCUT2D eigenvalue weighted by Crippen LogP contribution is 2.22. The molecular weight excluding hydrogens is 274 g/mol. The molecule has 0 fully saturated rings. The largest absolute Gasteiger partial charge is 0.481 e. The van der Waals surface area contributed by atoms with Crippen molar-refractivity contribution in [2.75, 3.05) is 20.1 Å². The minimum Gasteiger partial charge on any atom is -0.481 e. The van der Waals surface area contributed by atoms with E-state index in [1.807, 2.05) is 20.8 Å². The van der Waals surface area contributed by atoms with Gasteiger partial charge in [-0.3, -0.25) is 9.59 Å². The first-order valence-electron chi connectivity index (χ1n) is 7.06. The second kappa shape index (κ2) is 8.49. The fourth-order valence-electron chi connectivity index (χ4n) is 1.97. The summed E-state index contributed by atoms with van der Waals surface area (Å²) in [4.78, 5) is 35.8. The molecule has 0 radical (unpaired) electrons. The molecule has 0 aromatic carbocycles. The van der Waals surface area contributed by atoms with Crippen molar-refractivity contribution in [3.63, 3.8) is 0 Å². The van der Waals surface area contributed by atoms with E-state index in [2.05, 4.69) is 10.6 Å². The van der Waals surface area contributed by atoms with Crippen LogP contribution in [0.2, 0.25) is 0 Å². The van der Waals surface area contributed by atoms with Crippen LogP contribution in [0.15, 0.2) is 0 Å². The average Bonchev–Trinajstić information content (AvgIpc) is 2.32. The highest BCUT2D eigenvalue weighted by Gasteiger charge is 2.25. The first kappa shape index (κ1) is 19.2. The zero-order valence-corrected chi connectivity index (χ0v) is 13.5. The third-order valence-corrected chi connectivity index (χ3v) is 2.89. The van der Waals surface area contributed by atoms with Crippen LogP contribution in [0.25, 0.3) is 0 Å². The average molecular weight is 301 g/mol. The fourth-order valence-corrected chi connectivity index (χ4v) is 1.97. The first-order valence-corrected chi connectivity index (χ1v) is 7.06. The van der Waals surface area contributed by atoms with Gasteiger partial charge in [-0.1, -0.05) is 20.8 Å². The van der Waals surface area contributed by atoms with Gasteiger partial charge in [0, 0.05) is 19.6 Å². The summed E-state index contributed by atoms with van der Waals surface area (Å²) < 4.78 is 0. The van der Waals surface area contributed by atoms with Crippen molar-refractivity contribution in [1.82, 2.24) is 15.5 Å². The van der Waals surface area contributed by atoms with Gasteiger partial charge in [0.15, 0.2) is 0 Å². The maximum Gasteiger partial charge on any atom is 0.318 e. The molecule has 0 aromatic rings. The summed E-state index contributed by atoms with van der Waals surface area (Å²) in [5.41, 5.74) is -0.106. The maximum absolute atomic E-state index is 12.1. The van der Waals surface area contributed by atoms with Gasteiger partial charge < -0.3 is 20.6 Å². The van der Waals surface area contributed by atoms with Crippen LogP contribution in [0.4, 0.5) is 4.79 Å². The summed E-state index contributed by atoms with van der Waals surface area (Å²) in [5, 5.41) is 14.1. The lowest BCUT2D eigenvalue weighted by atomic mass is 9.87. The van der Waals surface area contributed by atoms with E-state index in [0.29, 0.717) is 13.0 Å². The number of carbonyl (C=O) groups excluding carboxylic acids is 2. The summed E-state index contributed by atoms with van der Waals surface area (Å²) in [5.74, 6) is -1.23. The number of rotatable bonds is 7. The predicted octanol–water partition coefficient (Wildman–Crippen LogP) is 1.04. The Kier molecular flexibility index (Phi) is 7.76. The molecular formula is C14H27N3O4. The lowest BCUT2D eigenvalue weighted by Crippen LogP contribution is -2.49. The zero-order chi connectivity index (χ0) is 16.6. The number of hydrogen-bond donors (Lipinski definition) is 3. The number of aliphatic carboxylic acids is 1. The molecule has 0 heterocycles. The van der Waals surface area contributed by atoms with Crippen molar-refractivity contribution < 1.29 is 19.5 Å². The summed E-state index contributed by atoms with van der Waals surface area (Å²) >= 11 is 0. The van der Waals surface area contributed by atoms with Crippen LogP contribution in [0.3, 0.4) is 0 Å². The molecule has 3 N–H and O–H groups in total. The smallest absolute Gasteiger partial charge is 0.318 e. The highest BCUT2D eigenvalue weighted by atomic mass is 16.4. The molecule has 0 spiro atoms. The van der Waals surface area contributed by atoms with Gasteiger partial charge >= 0.3 is 12.0 Å². The zero-order valence-electron chi connectivity index (χ0n) is 13.5. The molecule has 21 heavy (non-hydrogen) atoms. The molecule has 0 bridgehead atoms. The number of hydrogen-bond acceptors (Lipinski definition) is 3. The molecule has 0 aromatic heterocycles. The van der Waals surface area contributed by atoms with Crippen LogP contribution < -0.4 is 10.6 Å². The van der Waals surface area contributed by atoms with Gasteiger partial charge in [-0.15, -0.1) is 0 Å². The molecule has 3 amide bonds. The SMILES string of the molecule is CCN(CC(=O)NC)C(=O)NC(CC(=O)O)CC(C)(C)C. The minimum atomic E-state index is -0.959. The number of carbonyl (C=O) groups is 3. The molecule has 7 nitrogen and oxygen atoms in total. The van der Waals surface area contributed by atoms with Crippen molar-refractivity contribution in [3.8, 4) is 0 Å². The van der Waals surface area contributed by atoms with Gasteiger partial charge in [0.1, 0.15) is 6.54 Å². The van der Waals surface area contributed by atoms with Crippen LogP contribution in [-0.2, 0) is 9.59 Å². The molecule has 0 saturated heterocycles. The Morgan fingerprint density at radius 1 is 1.24 bits per heavy atom. The lowest BCUT2D eigenvalue weighted by Gasteiger charge is -2.28. The normalized spacial score (nSPS) is 12.4. The number of likely N-dealkylation sites (N-methyl/N-ethyl adjacent to an activating group) is 2. The molecule has 0 aliphatic carbocycles. The number of nitrogens with zero attached hydrogens (tertiary/aromatic N) is 1. The van der Waals surface area contributed by atoms with E-state index in [4.69, 9.17) is 5.11 Å². The monoisotopic (exact) mass is 301 g/mol. The number of carboxylic acids is 1. The van der Waals surface area contributed by atoms with E-state index < -0.39 is 18.0 Å². The third kappa shape index (κ3) is 8.88. The van der Waals surface area contributed by atoms with Gasteiger partial charge in [-0.2, -0.15) is 0 Å². The van der Waals surface area contributed by atoms with E-state index in [1.165, 1.54) is 11.9 Å². The van der Waals surface area contributed by atoms with E-state index in [-0.39, 0.29) is 24.3 Å². The summed E-state index contributed by atoms with van der Waals surface area (Å²) in [7, 11) is 1.50. The van der Waals surface area contributed by atoms with E-state index >= 15 is 0 Å². The highest BCUT2D eigenvalue weighted by molar-refractivity contribution is 5.84. The molecule has 0 saturated carbocycles. The van der Waals surface area contributed by atoms with Crippen molar-refractivity contribution in [1.29, 1.82) is 0 Å². The molecule has 0 aliphatic heterocycles. The third-order valence-electron chi connectivity index (χ3n) is 2.89. The second-order valence-corrected chi connectivity index (χ2v) is 6.20. The topological polar surface area (TPSA) is 98.7 Å². The second-order valence-electron chi connectivity index (χ2n) is 6.20. The Labute approximate surface area is 126 Å². The minimum absolute atomic E-state index is 0.0475. The first-order chi connectivity index (χ1) is 9.58. The number of urea groups is 1. The molecule has 7 heteroatoms. The maximum atomic E-state index is 12.1. The Bertz CT molecular complexity index is 377. The predicted molar refractivity (Wildman–Crippen MR) is 80.0 cm³/mol. The Hall–Kier alpha value is -1.79. The quantitative estimate of drug-likeness (QED) is 0.654. The van der Waals surface area contributed by atoms with Crippen molar-refractivity contribution >= 4 is 17.9 Å². The fraction of sp³-hybridized carbons (Fsp3) is 0.786. The molecule has 1 unspecified atom stereocenters. The van der Waals surface area contributed by atoms with Crippen molar-refractivity contribution in [2.45, 2.75) is 46.6 Å². The lowest BCUT2D eigenvalue weighted by molar-refractivity contribution is -0.137. The van der Waals surface area contributed by atoms with Gasteiger partial charge in [-0.25, -0.2) is 4.79 Å². The summed E-state index contributed by atoms with van der Waals surface area (Å²) in [6.45, 7) is 8.03. The Morgan fingerprint density at radius 3 is 2.19 bits per heavy atom. The van der Waals surface area contributed by atoms with Crippen molar-refractivity contribution in [3.05, 3.63) is 0 Å². The van der Waals surface area contributed by atoms with Crippen LogP contribution in [0.1, 0.15) is 40.5 Å². The van der Waals surface area contributed by atoms with Crippen LogP contribution >= 0.6 is 0 Å². The standard InChI is InChI=1S/C14H27N3O4/c1-6-17(9-11(18)15-5)13(21)16-10(7-12(19)20)8-14(2,3)4/h10H,6-9H2,1-5H3,(H,15,18)(H,16,21)(H,19,20). The summed E-state index contributed by atoms with van der Waals surface area (Å²) in [6.07, 6.45) is 0.406. The van der Waals surface area contributed by atoms with E-state index in [9.17, 15) is 14.4 Å². The summed E-state index contributed by atoms with van der Waals surface area (Å²) in [6, 6.07) is -0.884. The van der Waals surface area contributed by atoms with Gasteiger partial charge in [-0.05, 0) is 18.8 Å². The number of carboxylic acid groups (broad SMARTS) is 1. The Morgan fingerprint density at radius 2 is 1.81 bits per heavy atom. The molecule has 1 atom stereocenters. The molecule has 0 rings (SSSR count). The van der Waals surface area contributed by atoms with Crippen LogP contribution in [0, 0.1) is 5.41 Å². The van der Waals surface area contributed by atoms with Gasteiger partial charge in [0.25, 0.3) is 0 Å². The number of nitrogens with one attached hydrogen (secondary N) is 2. The van der Waals surface area contributed by atoms with E-state index in [0.717, 1.165) is 0 Å². The van der Waals surface area contributed by atoms with Crippen LogP contribution in [0.5, 0.6) is 0 Å². The molecule has 122 valence electrons. The number of amides is 3. The van der Waals surface area contributed by atoms with E-state index in [1.54, 1.807) is 6.92 Å². The van der Waals surface area contributed by atoms with Crippen LogP contribution in [-0.4, -0.2) is 54.1 Å². The van der Waals surface area contributed by atoms with Gasteiger partial charge in [0.05, 0.1) is 6.42 Å². The Balaban J connectivity index is 4.76. The molecule has 0 aliphatic rings. The van der Waals surface area contributed by atoms with Crippen molar-refractivity contribution in [2.24, 2.45) is 5.41 Å².